The molecule has 0 spiro atoms. The van der Waals surface area contributed by atoms with E-state index in [0.29, 0.717) is 17.0 Å². The lowest BCUT2D eigenvalue weighted by Crippen LogP contribution is -2.38. The first-order chi connectivity index (χ1) is 12.0. The highest BCUT2D eigenvalue weighted by Crippen LogP contribution is 2.26. The third kappa shape index (κ3) is 4.60. The summed E-state index contributed by atoms with van der Waals surface area (Å²) in [5.74, 6) is 1.33. The van der Waals surface area contributed by atoms with Gasteiger partial charge < -0.3 is 15.2 Å². The minimum Gasteiger partial charge on any atom is -0.340 e. The monoisotopic (exact) mass is 416 g/mol. The normalized spacial score (nSPS) is 16.2. The molecule has 3 rings (SSSR count). The molecule has 144 valence electrons. The number of H-pyrrole nitrogens is 1. The number of nitrogens with one attached hydrogen (secondary N) is 2. The number of fused-ring (bicyclic) bond motifs is 1. The molecule has 1 atom stereocenters. The molecule has 1 amide bonds. The van der Waals surface area contributed by atoms with E-state index < -0.39 is 0 Å². The van der Waals surface area contributed by atoms with Crippen LogP contribution in [0.2, 0.25) is 0 Å². The number of carbonyl (C=O) groups excluding carboxylic acids is 1. The predicted octanol–water partition coefficient (Wildman–Crippen LogP) is 2.47. The number of hydrogen-bond donors (Lipinski definition) is 2. The van der Waals surface area contributed by atoms with Crippen LogP contribution in [0.3, 0.4) is 0 Å². The number of thiophene rings is 1. The van der Waals surface area contributed by atoms with Gasteiger partial charge in [0.05, 0.1) is 16.4 Å². The minimum absolute atomic E-state index is 0. The fourth-order valence-corrected chi connectivity index (χ4v) is 4.85. The van der Waals surface area contributed by atoms with Crippen LogP contribution in [0.5, 0.6) is 0 Å². The van der Waals surface area contributed by atoms with Gasteiger partial charge in [-0.1, -0.05) is 0 Å². The molecule has 9 heteroatoms. The maximum atomic E-state index is 12.6. The van der Waals surface area contributed by atoms with Crippen LogP contribution < -0.4 is 10.9 Å². The maximum Gasteiger partial charge on any atom is 0.259 e. The number of aromatic amines is 1. The van der Waals surface area contributed by atoms with Crippen molar-refractivity contribution in [1.29, 1.82) is 0 Å². The number of carbonyl (C=O) groups is 1. The van der Waals surface area contributed by atoms with Crippen LogP contribution in [0.25, 0.3) is 10.2 Å². The van der Waals surface area contributed by atoms with Crippen molar-refractivity contribution in [2.45, 2.75) is 38.2 Å². The van der Waals surface area contributed by atoms with Gasteiger partial charge >= 0.3 is 0 Å². The fourth-order valence-electron chi connectivity index (χ4n) is 2.97. The Labute approximate surface area is 167 Å². The summed E-state index contributed by atoms with van der Waals surface area (Å²) >= 11 is 3.08. The average Bonchev–Trinajstić information content (AvgIpc) is 2.78. The lowest BCUT2D eigenvalue weighted by atomic mass is 10.2. The molecule has 0 radical (unpaired) electrons. The lowest BCUT2D eigenvalue weighted by Gasteiger charge is -2.23. The molecule has 26 heavy (non-hydrogen) atoms. The Morgan fingerprint density at radius 1 is 1.35 bits per heavy atom. The lowest BCUT2D eigenvalue weighted by molar-refractivity contribution is -0.130. The molecule has 2 aromatic heterocycles. The molecule has 0 aliphatic carbocycles. The van der Waals surface area contributed by atoms with E-state index in [-0.39, 0.29) is 29.1 Å². The van der Waals surface area contributed by atoms with Gasteiger partial charge in [-0.3, -0.25) is 9.59 Å². The first-order valence-corrected chi connectivity index (χ1v) is 10.4. The Kier molecular flexibility index (Phi) is 7.52. The smallest absolute Gasteiger partial charge is 0.259 e. The molecular formula is C17H25ClN4O2S2. The van der Waals surface area contributed by atoms with Crippen LogP contribution in [-0.4, -0.2) is 52.2 Å². The molecule has 2 N–H and O–H groups in total. The summed E-state index contributed by atoms with van der Waals surface area (Å²) < 4.78 is 0. The zero-order valence-electron chi connectivity index (χ0n) is 15.3. The zero-order chi connectivity index (χ0) is 18.0. The molecule has 1 aliphatic rings. The summed E-state index contributed by atoms with van der Waals surface area (Å²) in [5.41, 5.74) is 0.922. The van der Waals surface area contributed by atoms with Gasteiger partial charge in [0, 0.05) is 24.5 Å². The summed E-state index contributed by atoms with van der Waals surface area (Å²) in [4.78, 5) is 36.2. The minimum atomic E-state index is -0.147. The van der Waals surface area contributed by atoms with E-state index in [9.17, 15) is 9.59 Å². The Balaban J connectivity index is 0.00000243. The van der Waals surface area contributed by atoms with E-state index in [1.165, 1.54) is 11.8 Å². The molecule has 1 aliphatic heterocycles. The second-order valence-electron chi connectivity index (χ2n) is 6.36. The first kappa shape index (κ1) is 21.2. The van der Waals surface area contributed by atoms with E-state index in [1.54, 1.807) is 11.3 Å². The number of nitrogens with zero attached hydrogens (tertiary/aromatic N) is 2. The van der Waals surface area contributed by atoms with E-state index >= 15 is 0 Å². The van der Waals surface area contributed by atoms with Crippen molar-refractivity contribution in [1.82, 2.24) is 20.2 Å². The van der Waals surface area contributed by atoms with Gasteiger partial charge in [-0.2, -0.15) is 0 Å². The molecule has 3 heterocycles. The Morgan fingerprint density at radius 2 is 2.12 bits per heavy atom. The molecule has 0 bridgehead atoms. The highest BCUT2D eigenvalue weighted by molar-refractivity contribution is 7.99. The number of aromatic nitrogens is 2. The van der Waals surface area contributed by atoms with Gasteiger partial charge in [-0.25, -0.2) is 4.98 Å². The van der Waals surface area contributed by atoms with Gasteiger partial charge in [0.2, 0.25) is 5.91 Å². The first-order valence-electron chi connectivity index (χ1n) is 8.57. The van der Waals surface area contributed by atoms with Crippen molar-refractivity contribution in [3.63, 3.8) is 0 Å². The summed E-state index contributed by atoms with van der Waals surface area (Å²) in [6.07, 6.45) is 0.992. The van der Waals surface area contributed by atoms with Gasteiger partial charge in [0.1, 0.15) is 10.7 Å². The number of thioether (sulfide) groups is 1. The van der Waals surface area contributed by atoms with Gasteiger partial charge in [0.15, 0.2) is 0 Å². The standard InChI is InChI=1S/C17H24N4O2S2.ClH/c1-10-11(2)25-16-14(10)15(22)19-13(20-16)9-24-12(3)17(23)21-7-4-5-18-6-8-21;/h12,18H,4-9H2,1-3H3,(H,19,20,22);1H. The van der Waals surface area contributed by atoms with Crippen LogP contribution >= 0.6 is 35.5 Å². The Hall–Kier alpha value is -1.09. The third-order valence-electron chi connectivity index (χ3n) is 4.56. The fraction of sp³-hybridized carbons (Fsp3) is 0.588. The SMILES string of the molecule is Cc1sc2nc(CSC(C)C(=O)N3CCCNCC3)[nH]c(=O)c2c1C.Cl. The van der Waals surface area contributed by atoms with Crippen LogP contribution in [0, 0.1) is 13.8 Å². The number of hydrogen-bond acceptors (Lipinski definition) is 6. The van der Waals surface area contributed by atoms with Crippen molar-refractivity contribution in [2.75, 3.05) is 26.2 Å². The average molecular weight is 417 g/mol. The maximum absolute atomic E-state index is 12.6. The number of rotatable bonds is 4. The van der Waals surface area contributed by atoms with Crippen molar-refractivity contribution in [2.24, 2.45) is 0 Å². The van der Waals surface area contributed by atoms with Crippen LogP contribution in [0.4, 0.5) is 0 Å². The van der Waals surface area contributed by atoms with Gasteiger partial charge in [-0.15, -0.1) is 35.5 Å². The van der Waals surface area contributed by atoms with Crippen LogP contribution in [0.1, 0.15) is 29.6 Å². The number of halogens is 1. The summed E-state index contributed by atoms with van der Waals surface area (Å²) in [5, 5.41) is 3.85. The van der Waals surface area contributed by atoms with E-state index in [2.05, 4.69) is 15.3 Å². The Morgan fingerprint density at radius 3 is 2.88 bits per heavy atom. The molecule has 1 unspecified atom stereocenters. The van der Waals surface area contributed by atoms with Crippen molar-refractivity contribution < 1.29 is 4.79 Å². The molecule has 0 saturated carbocycles. The topological polar surface area (TPSA) is 78.1 Å². The van der Waals surface area contributed by atoms with Crippen LogP contribution in [-0.2, 0) is 10.5 Å². The summed E-state index contributed by atoms with van der Waals surface area (Å²) in [6.45, 7) is 9.29. The molecule has 2 aromatic rings. The summed E-state index contributed by atoms with van der Waals surface area (Å²) in [7, 11) is 0. The number of amides is 1. The third-order valence-corrected chi connectivity index (χ3v) is 6.80. The van der Waals surface area contributed by atoms with E-state index in [4.69, 9.17) is 0 Å². The highest BCUT2D eigenvalue weighted by Gasteiger charge is 2.22. The Bertz CT molecular complexity index is 828. The zero-order valence-corrected chi connectivity index (χ0v) is 17.7. The quantitative estimate of drug-likeness (QED) is 0.800. The summed E-state index contributed by atoms with van der Waals surface area (Å²) in [6, 6.07) is 0. The molecule has 1 fully saturated rings. The van der Waals surface area contributed by atoms with Gasteiger partial charge in [0.25, 0.3) is 5.56 Å². The highest BCUT2D eigenvalue weighted by atomic mass is 35.5. The van der Waals surface area contributed by atoms with Gasteiger partial charge in [-0.05, 0) is 39.3 Å². The van der Waals surface area contributed by atoms with E-state index in [1.807, 2.05) is 25.7 Å². The number of aryl methyl sites for hydroxylation is 2. The van der Waals surface area contributed by atoms with Crippen molar-refractivity contribution >= 4 is 51.6 Å². The molecule has 0 aromatic carbocycles. The second kappa shape index (κ2) is 9.21. The van der Waals surface area contributed by atoms with Crippen molar-refractivity contribution in [3.8, 4) is 0 Å². The van der Waals surface area contributed by atoms with Crippen molar-refractivity contribution in [3.05, 3.63) is 26.6 Å². The second-order valence-corrected chi connectivity index (χ2v) is 8.89. The largest absolute Gasteiger partial charge is 0.340 e. The van der Waals surface area contributed by atoms with E-state index in [0.717, 1.165) is 47.9 Å². The molecular weight excluding hydrogens is 392 g/mol. The van der Waals surface area contributed by atoms with Crippen LogP contribution in [0.15, 0.2) is 4.79 Å². The predicted molar refractivity (Wildman–Crippen MR) is 112 cm³/mol. The molecule has 1 saturated heterocycles. The molecule has 6 nitrogen and oxygen atoms in total.